The summed E-state index contributed by atoms with van der Waals surface area (Å²) in [6.07, 6.45) is 6.68. The molecule has 0 radical (unpaired) electrons. The lowest BCUT2D eigenvalue weighted by Gasteiger charge is -2.34. The maximum atomic E-state index is 12.3. The first kappa shape index (κ1) is 34.8. The standard InChI is InChI=1S/C17H22N2O3.C11H12BrNO2.C6H11NO.ClH/c1-11-10-21-16-6-3-12(7-15(16)18(2)17(11)20)19-8-13-4-5-14(9-19)22-13;1-7-6-15-10-4-3-8(12)5-9(10)13(2)11(7)14;1-2-6-4-7-3-5(1)8-6;/h3,6-7,11,13-14H,4-5,8-10H2,1-2H3;3-5,7H,6H2,1-2H3;5-7H,1-4H2;1H/t11-,13?,14?;7-;;/m00../s1. The highest BCUT2D eigenvalue weighted by molar-refractivity contribution is 9.10. The molecule has 8 rings (SSSR count). The van der Waals surface area contributed by atoms with Crippen LogP contribution in [0.15, 0.2) is 40.9 Å². The largest absolute Gasteiger partial charge is 0.491 e. The number of nitrogens with zero attached hydrogens (tertiary/aromatic N) is 3. The van der Waals surface area contributed by atoms with Crippen LogP contribution in [-0.4, -0.2) is 89.7 Å². The molecule has 6 aliphatic rings. The molecule has 6 atom stereocenters. The summed E-state index contributed by atoms with van der Waals surface area (Å²) in [4.78, 5) is 29.9. The van der Waals surface area contributed by atoms with Crippen LogP contribution in [0.25, 0.3) is 0 Å². The molecule has 4 saturated heterocycles. The first-order valence-corrected chi connectivity index (χ1v) is 17.0. The Balaban J connectivity index is 0.000000150. The van der Waals surface area contributed by atoms with Gasteiger partial charge in [-0.05, 0) is 62.1 Å². The van der Waals surface area contributed by atoms with Crippen LogP contribution in [0.5, 0.6) is 11.5 Å². The fourth-order valence-corrected chi connectivity index (χ4v) is 7.09. The van der Waals surface area contributed by atoms with Crippen molar-refractivity contribution >= 4 is 57.2 Å². The fourth-order valence-electron chi connectivity index (χ4n) is 6.74. The van der Waals surface area contributed by atoms with E-state index in [0.717, 1.165) is 72.1 Å². The lowest BCUT2D eigenvalue weighted by Crippen LogP contribution is -2.42. The third-order valence-corrected chi connectivity index (χ3v) is 9.91. The molecule has 2 aromatic carbocycles. The summed E-state index contributed by atoms with van der Waals surface area (Å²) in [7, 11) is 3.61. The molecule has 12 heteroatoms. The van der Waals surface area contributed by atoms with Crippen molar-refractivity contribution in [3.8, 4) is 11.5 Å². The first-order chi connectivity index (χ1) is 21.7. The van der Waals surface area contributed by atoms with Crippen LogP contribution >= 0.6 is 28.3 Å². The average molecular weight is 722 g/mol. The van der Waals surface area contributed by atoms with Gasteiger partial charge in [0, 0.05) is 50.4 Å². The van der Waals surface area contributed by atoms with E-state index in [-0.39, 0.29) is 36.1 Å². The summed E-state index contributed by atoms with van der Waals surface area (Å²) < 4.78 is 23.7. The molecule has 6 heterocycles. The highest BCUT2D eigenvalue weighted by Crippen LogP contribution is 2.38. The average Bonchev–Trinajstić information content (AvgIpc) is 3.52. The van der Waals surface area contributed by atoms with Crippen LogP contribution in [0, 0.1) is 11.8 Å². The minimum absolute atomic E-state index is 0. The second-order valence-corrected chi connectivity index (χ2v) is 13.9. The molecule has 46 heavy (non-hydrogen) atoms. The number of fused-ring (bicyclic) bond motifs is 6. The molecule has 4 fully saturated rings. The maximum absolute atomic E-state index is 12.3. The summed E-state index contributed by atoms with van der Waals surface area (Å²) in [5, 5.41) is 3.32. The van der Waals surface area contributed by atoms with Gasteiger partial charge >= 0.3 is 0 Å². The monoisotopic (exact) mass is 720 g/mol. The van der Waals surface area contributed by atoms with Gasteiger partial charge < -0.3 is 39.0 Å². The molecule has 2 amide bonds. The van der Waals surface area contributed by atoms with E-state index in [1.807, 2.05) is 45.2 Å². The molecule has 0 aromatic heterocycles. The molecule has 252 valence electrons. The predicted octanol–water partition coefficient (Wildman–Crippen LogP) is 5.04. The first-order valence-electron chi connectivity index (χ1n) is 16.2. The van der Waals surface area contributed by atoms with Crippen molar-refractivity contribution in [3.63, 3.8) is 0 Å². The Hall–Kier alpha value is -2.57. The summed E-state index contributed by atoms with van der Waals surface area (Å²) in [6, 6.07) is 11.8. The lowest BCUT2D eigenvalue weighted by molar-refractivity contribution is -0.122. The Morgan fingerprint density at radius 3 is 1.74 bits per heavy atom. The molecular weight excluding hydrogens is 676 g/mol. The Morgan fingerprint density at radius 1 is 0.717 bits per heavy atom. The van der Waals surface area contributed by atoms with Crippen LogP contribution in [-0.2, 0) is 19.1 Å². The van der Waals surface area contributed by atoms with Crippen LogP contribution in [0.3, 0.4) is 0 Å². The lowest BCUT2D eigenvalue weighted by atomic mass is 10.1. The Labute approximate surface area is 286 Å². The minimum atomic E-state index is -0.111. The molecule has 2 aromatic rings. The van der Waals surface area contributed by atoms with Crippen molar-refractivity contribution in [1.82, 2.24) is 5.32 Å². The number of nitrogens with one attached hydrogen (secondary N) is 1. The van der Waals surface area contributed by atoms with E-state index in [1.165, 1.54) is 12.8 Å². The zero-order valence-electron chi connectivity index (χ0n) is 27.1. The van der Waals surface area contributed by atoms with Crippen molar-refractivity contribution in [2.24, 2.45) is 11.8 Å². The topological polar surface area (TPSA) is 92.8 Å². The van der Waals surface area contributed by atoms with E-state index in [0.29, 0.717) is 37.6 Å². The van der Waals surface area contributed by atoms with Crippen LogP contribution in [0.2, 0.25) is 0 Å². The highest BCUT2D eigenvalue weighted by atomic mass is 79.9. The fraction of sp³-hybridized carbons (Fsp3) is 0.588. The number of anilines is 3. The molecular formula is C34H46BrClN4O6. The van der Waals surface area contributed by atoms with Gasteiger partial charge in [0.1, 0.15) is 11.5 Å². The van der Waals surface area contributed by atoms with E-state index >= 15 is 0 Å². The van der Waals surface area contributed by atoms with Gasteiger partial charge in [0.25, 0.3) is 0 Å². The van der Waals surface area contributed by atoms with Crippen molar-refractivity contribution in [2.45, 2.75) is 63.9 Å². The molecule has 4 unspecified atom stereocenters. The van der Waals surface area contributed by atoms with Crippen molar-refractivity contribution in [2.75, 3.05) is 68.2 Å². The van der Waals surface area contributed by atoms with Gasteiger partial charge in [-0.1, -0.05) is 29.8 Å². The van der Waals surface area contributed by atoms with E-state index < -0.39 is 0 Å². The van der Waals surface area contributed by atoms with Gasteiger partial charge in [0.15, 0.2) is 0 Å². The second-order valence-electron chi connectivity index (χ2n) is 13.0. The number of morpholine rings is 2. The van der Waals surface area contributed by atoms with Crippen LogP contribution < -0.4 is 29.5 Å². The maximum Gasteiger partial charge on any atom is 0.233 e. The zero-order chi connectivity index (χ0) is 31.7. The number of benzene rings is 2. The van der Waals surface area contributed by atoms with Gasteiger partial charge in [-0.15, -0.1) is 12.4 Å². The van der Waals surface area contributed by atoms with Crippen molar-refractivity contribution in [1.29, 1.82) is 0 Å². The SMILES string of the molecule is C1CC2CNCC1O2.C[C@H]1COc2ccc(Br)cc2N(C)C1=O.C[C@H]1COc2ccc(N3CC4CCC(C3)O4)cc2N(C)C1=O.Cl. The summed E-state index contributed by atoms with van der Waals surface area (Å²) in [5.41, 5.74) is 2.83. The Kier molecular flexibility index (Phi) is 11.4. The third kappa shape index (κ3) is 7.76. The predicted molar refractivity (Wildman–Crippen MR) is 185 cm³/mol. The second kappa shape index (κ2) is 15.1. The summed E-state index contributed by atoms with van der Waals surface area (Å²) >= 11 is 3.38. The van der Waals surface area contributed by atoms with Gasteiger partial charge in [-0.25, -0.2) is 0 Å². The Bertz CT molecular complexity index is 1370. The van der Waals surface area contributed by atoms with Crippen molar-refractivity contribution < 1.29 is 28.5 Å². The van der Waals surface area contributed by atoms with Gasteiger partial charge in [0.05, 0.1) is 60.8 Å². The van der Waals surface area contributed by atoms with Gasteiger partial charge in [-0.3, -0.25) is 9.59 Å². The number of amides is 2. The van der Waals surface area contributed by atoms with E-state index in [9.17, 15) is 9.59 Å². The molecule has 1 N–H and O–H groups in total. The molecule has 6 aliphatic heterocycles. The number of hydrogen-bond acceptors (Lipinski definition) is 8. The van der Waals surface area contributed by atoms with Gasteiger partial charge in [-0.2, -0.15) is 0 Å². The smallest absolute Gasteiger partial charge is 0.233 e. The quantitative estimate of drug-likeness (QED) is 0.438. The Morgan fingerprint density at radius 2 is 1.20 bits per heavy atom. The number of rotatable bonds is 1. The number of carbonyl (C=O) groups excluding carboxylic acids is 2. The summed E-state index contributed by atoms with van der Waals surface area (Å²) in [6.45, 7) is 8.70. The van der Waals surface area contributed by atoms with Crippen molar-refractivity contribution in [3.05, 3.63) is 40.9 Å². The number of halogens is 2. The zero-order valence-corrected chi connectivity index (χ0v) is 29.5. The summed E-state index contributed by atoms with van der Waals surface area (Å²) in [5.74, 6) is 1.55. The number of ether oxygens (including phenoxy) is 4. The molecule has 10 nitrogen and oxygen atoms in total. The van der Waals surface area contributed by atoms with Crippen LogP contribution in [0.1, 0.15) is 39.5 Å². The van der Waals surface area contributed by atoms with Gasteiger partial charge in [0.2, 0.25) is 11.8 Å². The number of carbonyl (C=O) groups is 2. The van der Waals surface area contributed by atoms with E-state index in [2.05, 4.69) is 38.3 Å². The molecule has 0 aliphatic carbocycles. The third-order valence-electron chi connectivity index (χ3n) is 9.42. The van der Waals surface area contributed by atoms with Crippen LogP contribution in [0.4, 0.5) is 17.1 Å². The normalized spacial score (nSPS) is 29.3. The van der Waals surface area contributed by atoms with E-state index in [1.54, 1.807) is 16.8 Å². The molecule has 0 spiro atoms. The highest BCUT2D eigenvalue weighted by Gasteiger charge is 2.35. The van der Waals surface area contributed by atoms with E-state index in [4.69, 9.17) is 18.9 Å². The molecule has 0 saturated carbocycles. The minimum Gasteiger partial charge on any atom is -0.491 e. The molecule has 4 bridgehead atoms. The number of hydrogen-bond donors (Lipinski definition) is 1.